The summed E-state index contributed by atoms with van der Waals surface area (Å²) < 4.78 is 0. The summed E-state index contributed by atoms with van der Waals surface area (Å²) in [5.74, 6) is -0.0749. The molecule has 21 heavy (non-hydrogen) atoms. The number of carbonyl (C=O) groups excluding carboxylic acids is 1. The Balaban J connectivity index is 1.79. The molecule has 7 heteroatoms. The van der Waals surface area contributed by atoms with Crippen molar-refractivity contribution in [3.63, 3.8) is 0 Å². The molecule has 0 radical (unpaired) electrons. The van der Waals surface area contributed by atoms with E-state index in [0.29, 0.717) is 29.4 Å². The lowest BCUT2D eigenvalue weighted by Gasteiger charge is -2.15. The van der Waals surface area contributed by atoms with Gasteiger partial charge < -0.3 is 16.0 Å². The predicted octanol–water partition coefficient (Wildman–Crippen LogP) is 2.84. The summed E-state index contributed by atoms with van der Waals surface area (Å²) in [6.45, 7) is 1.39. The molecule has 1 aromatic carbocycles. The maximum atomic E-state index is 11.9. The Bertz CT molecular complexity index is 603. The number of nitrogens with zero attached hydrogens (tertiary/aromatic N) is 2. The third kappa shape index (κ3) is 5.00. The van der Waals surface area contributed by atoms with Crippen LogP contribution in [0.25, 0.3) is 0 Å². The van der Waals surface area contributed by atoms with Gasteiger partial charge in [0.05, 0.1) is 22.6 Å². The molecule has 0 fully saturated rings. The first-order chi connectivity index (χ1) is 10.0. The Morgan fingerprint density at radius 2 is 2.33 bits per heavy atom. The molecule has 0 unspecified atom stereocenters. The molecule has 1 aromatic heterocycles. The van der Waals surface area contributed by atoms with Crippen LogP contribution in [-0.4, -0.2) is 29.4 Å². The van der Waals surface area contributed by atoms with Gasteiger partial charge in [0.2, 0.25) is 5.91 Å². The van der Waals surface area contributed by atoms with E-state index in [1.54, 1.807) is 35.0 Å². The fourth-order valence-electron chi connectivity index (χ4n) is 1.82. The molecule has 5 nitrogen and oxygen atoms in total. The molecule has 1 heterocycles. The minimum atomic E-state index is -0.0749. The molecule has 1 amide bonds. The number of aromatic nitrogens is 1. The Kier molecular flexibility index (Phi) is 5.55. The van der Waals surface area contributed by atoms with E-state index in [4.69, 9.17) is 17.3 Å². The summed E-state index contributed by atoms with van der Waals surface area (Å²) in [6.07, 6.45) is 0.392. The number of hydrogen-bond donors (Lipinski definition) is 2. The van der Waals surface area contributed by atoms with Gasteiger partial charge in [-0.05, 0) is 25.2 Å². The van der Waals surface area contributed by atoms with Crippen molar-refractivity contribution in [1.82, 2.24) is 9.88 Å². The fourth-order valence-corrected chi connectivity index (χ4v) is 2.55. The number of rotatable bonds is 6. The van der Waals surface area contributed by atoms with Crippen molar-refractivity contribution in [2.45, 2.75) is 13.0 Å². The highest BCUT2D eigenvalue weighted by Gasteiger charge is 2.08. The molecule has 0 saturated heterocycles. The van der Waals surface area contributed by atoms with Crippen LogP contribution in [0.5, 0.6) is 0 Å². The van der Waals surface area contributed by atoms with Gasteiger partial charge in [-0.2, -0.15) is 0 Å². The van der Waals surface area contributed by atoms with Crippen LogP contribution in [-0.2, 0) is 11.3 Å². The van der Waals surface area contributed by atoms with Gasteiger partial charge in [0.25, 0.3) is 0 Å². The van der Waals surface area contributed by atoms with E-state index >= 15 is 0 Å². The largest absolute Gasteiger partial charge is 0.397 e. The van der Waals surface area contributed by atoms with E-state index in [0.717, 1.165) is 12.2 Å². The molecule has 2 rings (SSSR count). The van der Waals surface area contributed by atoms with Crippen LogP contribution in [0.15, 0.2) is 29.1 Å². The first kappa shape index (κ1) is 15.8. The zero-order valence-electron chi connectivity index (χ0n) is 11.7. The summed E-state index contributed by atoms with van der Waals surface area (Å²) in [4.78, 5) is 18.2. The lowest BCUT2D eigenvalue weighted by molar-refractivity contribution is -0.116. The Labute approximate surface area is 132 Å². The fraction of sp³-hybridized carbons (Fsp3) is 0.286. The van der Waals surface area contributed by atoms with Crippen molar-refractivity contribution in [3.8, 4) is 0 Å². The minimum absolute atomic E-state index is 0.0749. The number of amides is 1. The number of nitrogen functional groups attached to an aromatic ring is 1. The van der Waals surface area contributed by atoms with Gasteiger partial charge in [0.1, 0.15) is 0 Å². The third-order valence-electron chi connectivity index (χ3n) is 2.92. The van der Waals surface area contributed by atoms with E-state index in [1.165, 1.54) is 0 Å². The topological polar surface area (TPSA) is 71.2 Å². The van der Waals surface area contributed by atoms with Crippen molar-refractivity contribution in [2.75, 3.05) is 24.6 Å². The lowest BCUT2D eigenvalue weighted by Crippen LogP contribution is -2.24. The molecule has 2 aromatic rings. The van der Waals surface area contributed by atoms with Crippen LogP contribution in [0.2, 0.25) is 5.02 Å². The second-order valence-electron chi connectivity index (χ2n) is 4.75. The van der Waals surface area contributed by atoms with Crippen molar-refractivity contribution < 1.29 is 4.79 Å². The Morgan fingerprint density at radius 1 is 1.52 bits per heavy atom. The highest BCUT2D eigenvalue weighted by Crippen LogP contribution is 2.22. The van der Waals surface area contributed by atoms with E-state index in [9.17, 15) is 4.79 Å². The number of nitrogens with two attached hydrogens (primary N) is 1. The second kappa shape index (κ2) is 7.40. The number of benzene rings is 1. The molecule has 112 valence electrons. The normalized spacial score (nSPS) is 10.8. The highest BCUT2D eigenvalue weighted by molar-refractivity contribution is 7.07. The minimum Gasteiger partial charge on any atom is -0.397 e. The number of halogens is 1. The number of nitrogens with one attached hydrogen (secondary N) is 1. The number of thiazole rings is 1. The molecule has 0 spiro atoms. The molecule has 0 aliphatic heterocycles. The lowest BCUT2D eigenvalue weighted by atomic mass is 10.2. The van der Waals surface area contributed by atoms with Crippen LogP contribution in [0.1, 0.15) is 12.1 Å². The summed E-state index contributed by atoms with van der Waals surface area (Å²) in [5, 5.41) is 5.34. The standard InChI is InChI=1S/C14H17ClN4OS/c1-19(7-11-8-21-9-17-11)5-4-14(20)18-13-3-2-10(15)6-12(13)16/h2-3,6,8-9H,4-5,7,16H2,1H3,(H,18,20). The monoisotopic (exact) mass is 324 g/mol. The summed E-state index contributed by atoms with van der Waals surface area (Å²) in [7, 11) is 1.96. The molecule has 3 N–H and O–H groups in total. The second-order valence-corrected chi connectivity index (χ2v) is 5.90. The van der Waals surface area contributed by atoms with Gasteiger partial charge in [0.15, 0.2) is 0 Å². The molecule has 0 saturated carbocycles. The number of anilines is 2. The average Bonchev–Trinajstić information content (AvgIpc) is 2.92. The maximum Gasteiger partial charge on any atom is 0.225 e. The quantitative estimate of drug-likeness (QED) is 0.801. The van der Waals surface area contributed by atoms with E-state index in [-0.39, 0.29) is 5.91 Å². The van der Waals surface area contributed by atoms with Crippen LogP contribution >= 0.6 is 22.9 Å². The van der Waals surface area contributed by atoms with Crippen LogP contribution in [0.3, 0.4) is 0 Å². The zero-order chi connectivity index (χ0) is 15.2. The molecule has 0 aliphatic carbocycles. The Morgan fingerprint density at radius 3 is 3.00 bits per heavy atom. The number of carbonyl (C=O) groups is 1. The molecule has 0 bridgehead atoms. The van der Waals surface area contributed by atoms with E-state index in [1.807, 2.05) is 12.4 Å². The van der Waals surface area contributed by atoms with Gasteiger partial charge in [0, 0.05) is 29.9 Å². The maximum absolute atomic E-state index is 11.9. The molecular weight excluding hydrogens is 308 g/mol. The van der Waals surface area contributed by atoms with Crippen molar-refractivity contribution >= 4 is 40.2 Å². The van der Waals surface area contributed by atoms with E-state index < -0.39 is 0 Å². The van der Waals surface area contributed by atoms with Gasteiger partial charge in [-0.25, -0.2) is 4.98 Å². The average molecular weight is 325 g/mol. The molecule has 0 aliphatic rings. The van der Waals surface area contributed by atoms with Crippen molar-refractivity contribution in [3.05, 3.63) is 39.8 Å². The predicted molar refractivity (Wildman–Crippen MR) is 87.6 cm³/mol. The van der Waals surface area contributed by atoms with Crippen molar-refractivity contribution in [2.24, 2.45) is 0 Å². The van der Waals surface area contributed by atoms with Gasteiger partial charge in [-0.15, -0.1) is 11.3 Å². The SMILES string of the molecule is CN(CCC(=O)Nc1ccc(Cl)cc1N)Cc1cscn1. The Hall–Kier alpha value is -1.63. The van der Waals surface area contributed by atoms with Crippen LogP contribution in [0.4, 0.5) is 11.4 Å². The highest BCUT2D eigenvalue weighted by atomic mass is 35.5. The zero-order valence-corrected chi connectivity index (χ0v) is 13.2. The van der Waals surface area contributed by atoms with Crippen LogP contribution in [0, 0.1) is 0 Å². The van der Waals surface area contributed by atoms with Gasteiger partial charge >= 0.3 is 0 Å². The number of hydrogen-bond acceptors (Lipinski definition) is 5. The summed E-state index contributed by atoms with van der Waals surface area (Å²) in [6, 6.07) is 5.02. The van der Waals surface area contributed by atoms with Gasteiger partial charge in [-0.1, -0.05) is 11.6 Å². The summed E-state index contributed by atoms with van der Waals surface area (Å²) >= 11 is 7.39. The van der Waals surface area contributed by atoms with E-state index in [2.05, 4.69) is 15.2 Å². The summed E-state index contributed by atoms with van der Waals surface area (Å²) in [5.41, 5.74) is 9.68. The third-order valence-corrected chi connectivity index (χ3v) is 3.79. The smallest absolute Gasteiger partial charge is 0.225 e. The first-order valence-corrected chi connectivity index (χ1v) is 7.77. The van der Waals surface area contributed by atoms with Crippen LogP contribution < -0.4 is 11.1 Å². The van der Waals surface area contributed by atoms with Gasteiger partial charge in [-0.3, -0.25) is 4.79 Å². The van der Waals surface area contributed by atoms with Crippen molar-refractivity contribution in [1.29, 1.82) is 0 Å². The molecular formula is C14H17ClN4OS. The first-order valence-electron chi connectivity index (χ1n) is 6.45. The molecule has 0 atom stereocenters.